The van der Waals surface area contributed by atoms with Crippen LogP contribution in [0.1, 0.15) is 50.5 Å². The molecule has 2 aliphatic heterocycles. The molecule has 0 bridgehead atoms. The molecule has 1 spiro atoms. The van der Waals surface area contributed by atoms with Gasteiger partial charge in [0.05, 0.1) is 22.6 Å². The van der Waals surface area contributed by atoms with Crippen LogP contribution in [0.3, 0.4) is 0 Å². The lowest BCUT2D eigenvalue weighted by molar-refractivity contribution is -0.139. The summed E-state index contributed by atoms with van der Waals surface area (Å²) >= 11 is 0. The molecule has 32 heavy (non-hydrogen) atoms. The van der Waals surface area contributed by atoms with E-state index in [1.807, 2.05) is 9.80 Å². The van der Waals surface area contributed by atoms with Gasteiger partial charge in [0.15, 0.2) is 0 Å². The number of aromatic nitrogens is 1. The highest BCUT2D eigenvalue weighted by Crippen LogP contribution is 2.44. The fraction of sp³-hybridized carbons (Fsp3) is 0.583. The minimum Gasteiger partial charge on any atom is -0.393 e. The largest absolute Gasteiger partial charge is 0.417 e. The highest BCUT2D eigenvalue weighted by molar-refractivity contribution is 5.87. The molecule has 3 aliphatic rings. The maximum atomic E-state index is 13.8. The molecule has 2 saturated heterocycles. The standard InChI is InChI=1S/C24H28F3N3O2/c25-24(26,27)19-14-21(28-20-5-2-1-4-18(19)20)29-12-3-10-23(15-29)11-13-30(22(23)32)16-6-8-17(31)9-7-16/h1-2,4-5,14,16-17,31H,3,6-13,15H2/t16?,17?,23-/m1/s1. The Morgan fingerprint density at radius 2 is 1.81 bits per heavy atom. The Bertz CT molecular complexity index is 1020. The quantitative estimate of drug-likeness (QED) is 0.743. The molecule has 1 atom stereocenters. The first-order valence-corrected chi connectivity index (χ1v) is 11.5. The van der Waals surface area contributed by atoms with Crippen molar-refractivity contribution < 1.29 is 23.1 Å². The summed E-state index contributed by atoms with van der Waals surface area (Å²) in [5.41, 5.74) is -0.921. The Hall–Kier alpha value is -2.35. The van der Waals surface area contributed by atoms with E-state index in [0.717, 1.165) is 51.0 Å². The van der Waals surface area contributed by atoms with E-state index in [-0.39, 0.29) is 23.4 Å². The molecular weight excluding hydrogens is 419 g/mol. The number of para-hydroxylation sites is 1. The molecule has 2 aromatic rings. The van der Waals surface area contributed by atoms with Crippen LogP contribution in [0, 0.1) is 5.41 Å². The predicted molar refractivity (Wildman–Crippen MR) is 115 cm³/mol. The Balaban J connectivity index is 1.42. The third-order valence-electron chi connectivity index (χ3n) is 7.56. The fourth-order valence-corrected chi connectivity index (χ4v) is 5.83. The van der Waals surface area contributed by atoms with Crippen molar-refractivity contribution in [2.75, 3.05) is 24.5 Å². The van der Waals surface area contributed by atoms with E-state index >= 15 is 0 Å². The molecule has 3 heterocycles. The van der Waals surface area contributed by atoms with Gasteiger partial charge in [-0.15, -0.1) is 0 Å². The summed E-state index contributed by atoms with van der Waals surface area (Å²) in [6.45, 7) is 1.68. The molecule has 0 unspecified atom stereocenters. The van der Waals surface area contributed by atoms with E-state index < -0.39 is 17.2 Å². The topological polar surface area (TPSA) is 56.7 Å². The Labute approximate surface area is 185 Å². The van der Waals surface area contributed by atoms with E-state index in [2.05, 4.69) is 4.98 Å². The number of hydrogen-bond acceptors (Lipinski definition) is 4. The van der Waals surface area contributed by atoms with Crippen LogP contribution in [0.2, 0.25) is 0 Å². The smallest absolute Gasteiger partial charge is 0.393 e. The van der Waals surface area contributed by atoms with Gasteiger partial charge in [-0.1, -0.05) is 18.2 Å². The van der Waals surface area contributed by atoms with Crippen LogP contribution in [-0.2, 0) is 11.0 Å². The number of likely N-dealkylation sites (tertiary alicyclic amines) is 1. The summed E-state index contributed by atoms with van der Waals surface area (Å²) in [5, 5.41) is 9.89. The molecular formula is C24H28F3N3O2. The number of rotatable bonds is 2. The number of nitrogens with zero attached hydrogens (tertiary/aromatic N) is 3. The van der Waals surface area contributed by atoms with Crippen molar-refractivity contribution in [3.8, 4) is 0 Å². The third kappa shape index (κ3) is 3.72. The van der Waals surface area contributed by atoms with E-state index in [1.54, 1.807) is 18.2 Å². The zero-order chi connectivity index (χ0) is 22.5. The first kappa shape index (κ1) is 21.5. The van der Waals surface area contributed by atoms with Crippen LogP contribution in [0.15, 0.2) is 30.3 Å². The van der Waals surface area contributed by atoms with Gasteiger partial charge in [-0.05, 0) is 57.1 Å². The number of hydrogen-bond donors (Lipinski definition) is 1. The number of halogens is 3. The van der Waals surface area contributed by atoms with Crippen molar-refractivity contribution in [2.45, 2.75) is 63.3 Å². The average Bonchev–Trinajstić information content (AvgIpc) is 3.08. The highest BCUT2D eigenvalue weighted by Gasteiger charge is 2.51. The lowest BCUT2D eigenvalue weighted by Crippen LogP contribution is -2.50. The first-order chi connectivity index (χ1) is 15.3. The molecule has 1 N–H and O–H groups in total. The van der Waals surface area contributed by atoms with Crippen molar-refractivity contribution in [1.82, 2.24) is 9.88 Å². The Kier molecular flexibility index (Phi) is 5.31. The van der Waals surface area contributed by atoms with Gasteiger partial charge >= 0.3 is 6.18 Å². The van der Waals surface area contributed by atoms with Crippen molar-refractivity contribution in [3.05, 3.63) is 35.9 Å². The van der Waals surface area contributed by atoms with Crippen LogP contribution in [0.25, 0.3) is 10.9 Å². The number of carbonyl (C=O) groups excluding carboxylic acids is 1. The SMILES string of the molecule is O=C1N(C2CCC(O)CC2)CC[C@@]12CCCN(c1cc(C(F)(F)F)c3ccccc3n1)C2. The zero-order valence-electron chi connectivity index (χ0n) is 17.9. The lowest BCUT2D eigenvalue weighted by Gasteiger charge is -2.41. The normalized spacial score (nSPS) is 29.3. The van der Waals surface area contributed by atoms with Crippen molar-refractivity contribution in [3.63, 3.8) is 0 Å². The molecule has 1 saturated carbocycles. The van der Waals surface area contributed by atoms with E-state index in [0.29, 0.717) is 31.0 Å². The molecule has 1 amide bonds. The molecule has 5 nitrogen and oxygen atoms in total. The van der Waals surface area contributed by atoms with Crippen molar-refractivity contribution in [1.29, 1.82) is 0 Å². The maximum Gasteiger partial charge on any atom is 0.417 e. The number of piperidine rings is 1. The highest BCUT2D eigenvalue weighted by atomic mass is 19.4. The van der Waals surface area contributed by atoms with Gasteiger partial charge < -0.3 is 14.9 Å². The Morgan fingerprint density at radius 3 is 2.56 bits per heavy atom. The second-order valence-electron chi connectivity index (χ2n) is 9.56. The van der Waals surface area contributed by atoms with Crippen LogP contribution in [-0.4, -0.2) is 52.7 Å². The molecule has 1 aromatic carbocycles. The third-order valence-corrected chi connectivity index (χ3v) is 7.56. The molecule has 5 rings (SSSR count). The summed E-state index contributed by atoms with van der Waals surface area (Å²) in [5.74, 6) is 0.419. The van der Waals surface area contributed by atoms with Gasteiger partial charge in [-0.2, -0.15) is 13.2 Å². The maximum absolute atomic E-state index is 13.8. The number of aliphatic hydroxyl groups is 1. The summed E-state index contributed by atoms with van der Waals surface area (Å²) in [7, 11) is 0. The number of aliphatic hydroxyl groups excluding tert-OH is 1. The molecule has 1 aromatic heterocycles. The minimum absolute atomic E-state index is 0.0954. The second-order valence-corrected chi connectivity index (χ2v) is 9.56. The van der Waals surface area contributed by atoms with Crippen molar-refractivity contribution >= 4 is 22.6 Å². The molecule has 8 heteroatoms. The zero-order valence-corrected chi connectivity index (χ0v) is 17.9. The molecule has 172 valence electrons. The number of alkyl halides is 3. The van der Waals surface area contributed by atoms with Crippen LogP contribution < -0.4 is 4.90 Å². The van der Waals surface area contributed by atoms with Crippen LogP contribution >= 0.6 is 0 Å². The number of anilines is 1. The average molecular weight is 448 g/mol. The first-order valence-electron chi connectivity index (χ1n) is 11.5. The fourth-order valence-electron chi connectivity index (χ4n) is 5.83. The van der Waals surface area contributed by atoms with Gasteiger partial charge in [0, 0.05) is 31.1 Å². The van der Waals surface area contributed by atoms with Gasteiger partial charge in [0.1, 0.15) is 5.82 Å². The van der Waals surface area contributed by atoms with Gasteiger partial charge in [0.25, 0.3) is 0 Å². The van der Waals surface area contributed by atoms with Crippen LogP contribution in [0.5, 0.6) is 0 Å². The number of carbonyl (C=O) groups is 1. The monoisotopic (exact) mass is 447 g/mol. The van der Waals surface area contributed by atoms with E-state index in [4.69, 9.17) is 0 Å². The van der Waals surface area contributed by atoms with E-state index in [9.17, 15) is 23.1 Å². The lowest BCUT2D eigenvalue weighted by atomic mass is 9.78. The summed E-state index contributed by atoms with van der Waals surface area (Å²) in [6.07, 6.45) is 0.542. The molecule has 3 fully saturated rings. The predicted octanol–water partition coefficient (Wildman–Crippen LogP) is 4.38. The number of fused-ring (bicyclic) bond motifs is 1. The second kappa shape index (κ2) is 7.90. The minimum atomic E-state index is -4.48. The van der Waals surface area contributed by atoms with Crippen molar-refractivity contribution in [2.24, 2.45) is 5.41 Å². The van der Waals surface area contributed by atoms with E-state index in [1.165, 1.54) is 6.07 Å². The van der Waals surface area contributed by atoms with Crippen LogP contribution in [0.4, 0.5) is 19.0 Å². The van der Waals surface area contributed by atoms with Gasteiger partial charge in [0.2, 0.25) is 5.91 Å². The summed E-state index contributed by atoms with van der Waals surface area (Å²) < 4.78 is 41.3. The number of benzene rings is 1. The van der Waals surface area contributed by atoms with Gasteiger partial charge in [-0.3, -0.25) is 4.79 Å². The Morgan fingerprint density at radius 1 is 1.06 bits per heavy atom. The molecule has 1 aliphatic carbocycles. The summed E-state index contributed by atoms with van der Waals surface area (Å²) in [4.78, 5) is 21.9. The summed E-state index contributed by atoms with van der Waals surface area (Å²) in [6, 6.07) is 7.64. The number of amides is 1. The molecule has 0 radical (unpaired) electrons. The number of pyridine rings is 1. The van der Waals surface area contributed by atoms with Gasteiger partial charge in [-0.25, -0.2) is 4.98 Å².